The van der Waals surface area contributed by atoms with Gasteiger partial charge in [0.25, 0.3) is 0 Å². The fraction of sp³-hybridized carbons (Fsp3) is 0.429. The Hall–Kier alpha value is -1.75. The lowest BCUT2D eigenvalue weighted by Crippen LogP contribution is -2.14. The third-order valence-electron chi connectivity index (χ3n) is 2.80. The average Bonchev–Trinajstić information content (AvgIpc) is 2.85. The fourth-order valence-corrected chi connectivity index (χ4v) is 1.81. The molecule has 0 saturated heterocycles. The van der Waals surface area contributed by atoms with Crippen molar-refractivity contribution in [2.75, 3.05) is 13.1 Å². The van der Waals surface area contributed by atoms with Gasteiger partial charge < -0.3 is 9.73 Å². The first kappa shape index (κ1) is 13.7. The lowest BCUT2D eigenvalue weighted by molar-refractivity contribution is 0.447. The maximum Gasteiger partial charge on any atom is 0.221 e. The van der Waals surface area contributed by atoms with Crippen LogP contribution >= 0.6 is 0 Å². The average molecular weight is 263 g/mol. The van der Waals surface area contributed by atoms with Crippen LogP contribution in [-0.2, 0) is 12.8 Å². The Morgan fingerprint density at radius 3 is 2.79 bits per heavy atom. The molecule has 0 radical (unpaired) electrons. The molecule has 4 nitrogen and oxygen atoms in total. The molecule has 1 aromatic heterocycles. The molecular formula is C14H18FN3O. The number of benzene rings is 1. The Kier molecular flexibility index (Phi) is 5.03. The van der Waals surface area contributed by atoms with E-state index in [0.717, 1.165) is 25.9 Å². The van der Waals surface area contributed by atoms with Gasteiger partial charge in [0.1, 0.15) is 5.82 Å². The summed E-state index contributed by atoms with van der Waals surface area (Å²) in [5.74, 6) is 0.835. The predicted octanol–water partition coefficient (Wildman–Crippen LogP) is 2.34. The van der Waals surface area contributed by atoms with Crippen molar-refractivity contribution in [2.45, 2.75) is 26.2 Å². The van der Waals surface area contributed by atoms with Crippen molar-refractivity contribution in [3.05, 3.63) is 47.4 Å². The van der Waals surface area contributed by atoms with Crippen molar-refractivity contribution in [1.82, 2.24) is 15.5 Å². The molecule has 0 bridgehead atoms. The third-order valence-corrected chi connectivity index (χ3v) is 2.80. The number of hydrogen-bond donors (Lipinski definition) is 1. The van der Waals surface area contributed by atoms with E-state index in [4.69, 9.17) is 4.42 Å². The SMILES string of the molecule is CCNCCCc1nnc(Cc2ccccc2F)o1. The van der Waals surface area contributed by atoms with Crippen molar-refractivity contribution in [3.8, 4) is 0 Å². The number of nitrogens with one attached hydrogen (secondary N) is 1. The minimum atomic E-state index is -0.241. The van der Waals surface area contributed by atoms with E-state index in [1.807, 2.05) is 0 Å². The van der Waals surface area contributed by atoms with E-state index < -0.39 is 0 Å². The molecule has 0 spiro atoms. The second-order valence-corrected chi connectivity index (χ2v) is 4.31. The minimum absolute atomic E-state index is 0.241. The Morgan fingerprint density at radius 1 is 1.21 bits per heavy atom. The molecule has 0 aliphatic carbocycles. The van der Waals surface area contributed by atoms with Crippen LogP contribution in [0.3, 0.4) is 0 Å². The van der Waals surface area contributed by atoms with Crippen LogP contribution in [0.4, 0.5) is 4.39 Å². The summed E-state index contributed by atoms with van der Waals surface area (Å²) in [7, 11) is 0. The monoisotopic (exact) mass is 263 g/mol. The molecular weight excluding hydrogens is 245 g/mol. The molecule has 0 atom stereocenters. The van der Waals surface area contributed by atoms with Crippen molar-refractivity contribution in [2.24, 2.45) is 0 Å². The molecule has 1 aromatic carbocycles. The van der Waals surface area contributed by atoms with Crippen LogP contribution in [0.15, 0.2) is 28.7 Å². The first-order chi connectivity index (χ1) is 9.29. The molecule has 0 fully saturated rings. The van der Waals surface area contributed by atoms with Crippen LogP contribution in [0.2, 0.25) is 0 Å². The molecule has 5 heteroatoms. The van der Waals surface area contributed by atoms with Gasteiger partial charge >= 0.3 is 0 Å². The lowest BCUT2D eigenvalue weighted by Gasteiger charge is -1.99. The second kappa shape index (κ2) is 6.99. The quantitative estimate of drug-likeness (QED) is 0.779. The molecule has 0 saturated carbocycles. The Bertz CT molecular complexity index is 513. The second-order valence-electron chi connectivity index (χ2n) is 4.31. The number of halogens is 1. The van der Waals surface area contributed by atoms with Gasteiger partial charge in [-0.25, -0.2) is 4.39 Å². The van der Waals surface area contributed by atoms with Crippen molar-refractivity contribution in [3.63, 3.8) is 0 Å². The van der Waals surface area contributed by atoms with E-state index in [1.165, 1.54) is 6.07 Å². The van der Waals surface area contributed by atoms with Crippen molar-refractivity contribution >= 4 is 0 Å². The summed E-state index contributed by atoms with van der Waals surface area (Å²) in [6.07, 6.45) is 2.04. The van der Waals surface area contributed by atoms with Gasteiger partial charge in [0.05, 0.1) is 6.42 Å². The van der Waals surface area contributed by atoms with Gasteiger partial charge in [0.15, 0.2) is 0 Å². The van der Waals surface area contributed by atoms with Crippen LogP contribution in [0.1, 0.15) is 30.7 Å². The summed E-state index contributed by atoms with van der Waals surface area (Å²) in [4.78, 5) is 0. The molecule has 2 aromatic rings. The number of aryl methyl sites for hydroxylation is 1. The highest BCUT2D eigenvalue weighted by atomic mass is 19.1. The molecule has 102 valence electrons. The molecule has 2 rings (SSSR count). The van der Waals surface area contributed by atoms with E-state index >= 15 is 0 Å². The maximum absolute atomic E-state index is 13.5. The summed E-state index contributed by atoms with van der Waals surface area (Å²) < 4.78 is 19.0. The zero-order valence-electron chi connectivity index (χ0n) is 11.0. The molecule has 0 aliphatic heterocycles. The number of nitrogens with zero attached hydrogens (tertiary/aromatic N) is 2. The molecule has 19 heavy (non-hydrogen) atoms. The van der Waals surface area contributed by atoms with Crippen LogP contribution in [0.5, 0.6) is 0 Å². The van der Waals surface area contributed by atoms with Crippen LogP contribution in [0, 0.1) is 5.82 Å². The van der Waals surface area contributed by atoms with Gasteiger partial charge in [-0.05, 0) is 31.1 Å². The number of aromatic nitrogens is 2. The zero-order chi connectivity index (χ0) is 13.5. The van der Waals surface area contributed by atoms with Gasteiger partial charge in [-0.15, -0.1) is 10.2 Å². The highest BCUT2D eigenvalue weighted by Crippen LogP contribution is 2.12. The van der Waals surface area contributed by atoms with Crippen molar-refractivity contribution in [1.29, 1.82) is 0 Å². The zero-order valence-corrected chi connectivity index (χ0v) is 11.0. The lowest BCUT2D eigenvalue weighted by atomic mass is 10.1. The Labute approximate surface area is 112 Å². The smallest absolute Gasteiger partial charge is 0.221 e. The van der Waals surface area contributed by atoms with Gasteiger partial charge in [-0.3, -0.25) is 0 Å². The molecule has 0 unspecified atom stereocenters. The van der Waals surface area contributed by atoms with Gasteiger partial charge in [-0.1, -0.05) is 25.1 Å². The topological polar surface area (TPSA) is 51.0 Å². The summed E-state index contributed by atoms with van der Waals surface area (Å²) in [6.45, 7) is 3.96. The Morgan fingerprint density at radius 2 is 2.00 bits per heavy atom. The van der Waals surface area contributed by atoms with Gasteiger partial charge in [0.2, 0.25) is 11.8 Å². The maximum atomic E-state index is 13.5. The fourth-order valence-electron chi connectivity index (χ4n) is 1.81. The van der Waals surface area contributed by atoms with E-state index in [-0.39, 0.29) is 5.82 Å². The molecule has 1 N–H and O–H groups in total. The largest absolute Gasteiger partial charge is 0.425 e. The Balaban J connectivity index is 1.89. The van der Waals surface area contributed by atoms with E-state index in [9.17, 15) is 4.39 Å². The third kappa shape index (κ3) is 4.13. The summed E-state index contributed by atoms with van der Waals surface area (Å²) in [5, 5.41) is 11.2. The molecule has 0 aliphatic rings. The first-order valence-electron chi connectivity index (χ1n) is 6.55. The minimum Gasteiger partial charge on any atom is -0.425 e. The predicted molar refractivity (Wildman–Crippen MR) is 70.4 cm³/mol. The highest BCUT2D eigenvalue weighted by Gasteiger charge is 2.09. The summed E-state index contributed by atoms with van der Waals surface area (Å²) in [5.41, 5.74) is 0.574. The number of rotatable bonds is 7. The van der Waals surface area contributed by atoms with E-state index in [1.54, 1.807) is 18.2 Å². The number of hydrogen-bond acceptors (Lipinski definition) is 4. The van der Waals surface area contributed by atoms with Gasteiger partial charge in [-0.2, -0.15) is 0 Å². The van der Waals surface area contributed by atoms with E-state index in [2.05, 4.69) is 22.4 Å². The summed E-state index contributed by atoms with van der Waals surface area (Å²) in [6, 6.07) is 6.62. The van der Waals surface area contributed by atoms with Crippen molar-refractivity contribution < 1.29 is 8.81 Å². The highest BCUT2D eigenvalue weighted by molar-refractivity contribution is 5.20. The van der Waals surface area contributed by atoms with Crippen LogP contribution in [-0.4, -0.2) is 23.3 Å². The normalized spacial score (nSPS) is 10.8. The van der Waals surface area contributed by atoms with Crippen LogP contribution in [0.25, 0.3) is 0 Å². The standard InChI is InChI=1S/C14H18FN3O/c1-2-16-9-5-8-13-17-18-14(19-13)10-11-6-3-4-7-12(11)15/h3-4,6-7,16H,2,5,8-10H2,1H3. The van der Waals surface area contributed by atoms with E-state index in [0.29, 0.717) is 23.8 Å². The summed E-state index contributed by atoms with van der Waals surface area (Å²) >= 11 is 0. The van der Waals surface area contributed by atoms with Crippen LogP contribution < -0.4 is 5.32 Å². The van der Waals surface area contributed by atoms with Gasteiger partial charge in [0, 0.05) is 6.42 Å². The molecule has 0 amide bonds. The molecule has 1 heterocycles. The first-order valence-corrected chi connectivity index (χ1v) is 6.55.